The molecule has 0 aromatic carbocycles. The van der Waals surface area contributed by atoms with Crippen molar-refractivity contribution >= 4 is 5.91 Å². The highest BCUT2D eigenvalue weighted by Crippen LogP contribution is 1.97. The molecule has 0 aliphatic rings. The van der Waals surface area contributed by atoms with Crippen LogP contribution in [0.15, 0.2) is 0 Å². The molecule has 0 rings (SSSR count). The summed E-state index contributed by atoms with van der Waals surface area (Å²) in [5.74, 6) is 0.165. The number of carbonyl (C=O) groups is 1. The Balaban J connectivity index is 3.64. The first-order valence-electron chi connectivity index (χ1n) is 5.60. The second-order valence-electron chi connectivity index (χ2n) is 4.39. The highest BCUT2D eigenvalue weighted by Gasteiger charge is 2.12. The van der Waals surface area contributed by atoms with Crippen LogP contribution in [0.4, 0.5) is 0 Å². The van der Waals surface area contributed by atoms with Gasteiger partial charge in [-0.3, -0.25) is 4.79 Å². The molecule has 0 aromatic heterocycles. The molecular weight excluding hydrogens is 190 g/mol. The van der Waals surface area contributed by atoms with Crippen LogP contribution >= 0.6 is 0 Å². The normalized spacial score (nSPS) is 13.3. The maximum atomic E-state index is 11.3. The Labute approximate surface area is 93.4 Å². The van der Waals surface area contributed by atoms with Crippen molar-refractivity contribution in [2.45, 2.75) is 26.8 Å². The van der Waals surface area contributed by atoms with Gasteiger partial charge in [0.2, 0.25) is 5.91 Å². The Morgan fingerprint density at radius 3 is 2.40 bits per heavy atom. The first-order chi connectivity index (χ1) is 6.97. The number of amides is 1. The van der Waals surface area contributed by atoms with Crippen molar-refractivity contribution in [1.29, 1.82) is 0 Å². The van der Waals surface area contributed by atoms with Crippen LogP contribution in [0.1, 0.15) is 20.8 Å². The number of rotatable bonds is 7. The molecule has 15 heavy (non-hydrogen) atoms. The number of carbonyl (C=O) groups excluding carboxylic acids is 1. The van der Waals surface area contributed by atoms with E-state index in [0.29, 0.717) is 6.04 Å². The number of hydrogen-bond donors (Lipinski definition) is 2. The average Bonchev–Trinajstić information content (AvgIpc) is 2.15. The molecule has 90 valence electrons. The summed E-state index contributed by atoms with van der Waals surface area (Å²) >= 11 is 0. The van der Waals surface area contributed by atoms with Crippen molar-refractivity contribution in [1.82, 2.24) is 15.5 Å². The molecule has 4 heteroatoms. The fourth-order valence-electron chi connectivity index (χ4n) is 1.43. The summed E-state index contributed by atoms with van der Waals surface area (Å²) in [7, 11) is 3.72. The largest absolute Gasteiger partial charge is 0.359 e. The van der Waals surface area contributed by atoms with Gasteiger partial charge < -0.3 is 15.5 Å². The Kier molecular flexibility index (Phi) is 7.34. The maximum Gasteiger partial charge on any atom is 0.223 e. The minimum atomic E-state index is 0.0547. The highest BCUT2D eigenvalue weighted by atomic mass is 16.1. The van der Waals surface area contributed by atoms with Crippen molar-refractivity contribution in [3.8, 4) is 0 Å². The van der Waals surface area contributed by atoms with Crippen LogP contribution < -0.4 is 10.6 Å². The Morgan fingerprint density at radius 1 is 1.33 bits per heavy atom. The Hall–Kier alpha value is -0.610. The van der Waals surface area contributed by atoms with Gasteiger partial charge in [-0.05, 0) is 7.05 Å². The van der Waals surface area contributed by atoms with E-state index in [9.17, 15) is 4.79 Å². The van der Waals surface area contributed by atoms with Crippen LogP contribution in [-0.4, -0.2) is 50.6 Å². The van der Waals surface area contributed by atoms with Crippen molar-refractivity contribution in [2.75, 3.05) is 33.7 Å². The van der Waals surface area contributed by atoms with Gasteiger partial charge in [0.25, 0.3) is 0 Å². The zero-order valence-electron chi connectivity index (χ0n) is 10.6. The monoisotopic (exact) mass is 215 g/mol. The molecule has 4 nitrogen and oxygen atoms in total. The fourth-order valence-corrected chi connectivity index (χ4v) is 1.43. The third-order valence-corrected chi connectivity index (χ3v) is 2.33. The molecule has 0 bridgehead atoms. The zero-order valence-corrected chi connectivity index (χ0v) is 10.6. The molecule has 0 fully saturated rings. The van der Waals surface area contributed by atoms with E-state index in [1.807, 2.05) is 14.0 Å². The van der Waals surface area contributed by atoms with Crippen LogP contribution in [-0.2, 0) is 4.79 Å². The molecule has 0 aromatic rings. The predicted molar refractivity (Wildman–Crippen MR) is 63.9 cm³/mol. The summed E-state index contributed by atoms with van der Waals surface area (Å²) in [5.41, 5.74) is 0. The number of likely N-dealkylation sites (N-methyl/N-ethyl adjacent to an activating group) is 1. The molecule has 0 aliphatic carbocycles. The Bertz CT molecular complexity index is 183. The minimum absolute atomic E-state index is 0.0547. The second kappa shape index (κ2) is 7.65. The van der Waals surface area contributed by atoms with Gasteiger partial charge in [-0.1, -0.05) is 20.8 Å². The van der Waals surface area contributed by atoms with Gasteiger partial charge in [-0.25, -0.2) is 0 Å². The lowest BCUT2D eigenvalue weighted by Crippen LogP contribution is -2.38. The fraction of sp³-hybridized carbons (Fsp3) is 0.909. The second-order valence-corrected chi connectivity index (χ2v) is 4.39. The van der Waals surface area contributed by atoms with E-state index >= 15 is 0 Å². The maximum absolute atomic E-state index is 11.3. The molecule has 0 spiro atoms. The van der Waals surface area contributed by atoms with E-state index in [0.717, 1.165) is 19.6 Å². The molecule has 0 heterocycles. The summed E-state index contributed by atoms with van der Waals surface area (Å²) < 4.78 is 0. The molecule has 0 aliphatic heterocycles. The first kappa shape index (κ1) is 14.4. The predicted octanol–water partition coefficient (Wildman–Crippen LogP) is 0.298. The quantitative estimate of drug-likeness (QED) is 0.642. The van der Waals surface area contributed by atoms with E-state index in [4.69, 9.17) is 0 Å². The van der Waals surface area contributed by atoms with Crippen LogP contribution in [0.5, 0.6) is 0 Å². The third-order valence-electron chi connectivity index (χ3n) is 2.33. The SMILES string of the molecule is CNC(=O)C(C)CN(C)CCNC(C)C. The lowest BCUT2D eigenvalue weighted by Gasteiger charge is -2.21. The highest BCUT2D eigenvalue weighted by molar-refractivity contribution is 5.78. The molecule has 1 amide bonds. The number of hydrogen-bond acceptors (Lipinski definition) is 3. The van der Waals surface area contributed by atoms with Crippen LogP contribution in [0.3, 0.4) is 0 Å². The van der Waals surface area contributed by atoms with E-state index in [-0.39, 0.29) is 11.8 Å². The first-order valence-corrected chi connectivity index (χ1v) is 5.60. The van der Waals surface area contributed by atoms with Crippen molar-refractivity contribution in [3.05, 3.63) is 0 Å². The van der Waals surface area contributed by atoms with Crippen molar-refractivity contribution in [2.24, 2.45) is 5.92 Å². The molecule has 0 saturated heterocycles. The standard InChI is InChI=1S/C11H25N3O/c1-9(2)13-6-7-14(5)8-10(3)11(15)12-4/h9-10,13H,6-8H2,1-5H3,(H,12,15). The van der Waals surface area contributed by atoms with E-state index in [2.05, 4.69) is 29.4 Å². The molecular formula is C11H25N3O. The summed E-state index contributed by atoms with van der Waals surface area (Å²) in [6.07, 6.45) is 0. The minimum Gasteiger partial charge on any atom is -0.359 e. The summed E-state index contributed by atoms with van der Waals surface area (Å²) in [6.45, 7) is 8.96. The lowest BCUT2D eigenvalue weighted by molar-refractivity contribution is -0.124. The van der Waals surface area contributed by atoms with Crippen LogP contribution in [0.2, 0.25) is 0 Å². The summed E-state index contributed by atoms with van der Waals surface area (Å²) in [5, 5.41) is 6.01. The van der Waals surface area contributed by atoms with Gasteiger partial charge in [0.05, 0.1) is 0 Å². The average molecular weight is 215 g/mol. The Morgan fingerprint density at radius 2 is 1.93 bits per heavy atom. The smallest absolute Gasteiger partial charge is 0.223 e. The third kappa shape index (κ3) is 7.33. The molecule has 0 radical (unpaired) electrons. The van der Waals surface area contributed by atoms with Gasteiger partial charge in [0.15, 0.2) is 0 Å². The van der Waals surface area contributed by atoms with Gasteiger partial charge in [0, 0.05) is 38.6 Å². The van der Waals surface area contributed by atoms with Gasteiger partial charge in [-0.15, -0.1) is 0 Å². The van der Waals surface area contributed by atoms with Gasteiger partial charge in [0.1, 0.15) is 0 Å². The van der Waals surface area contributed by atoms with Crippen molar-refractivity contribution in [3.63, 3.8) is 0 Å². The van der Waals surface area contributed by atoms with Crippen LogP contribution in [0, 0.1) is 5.92 Å². The lowest BCUT2D eigenvalue weighted by atomic mass is 10.1. The van der Waals surface area contributed by atoms with Gasteiger partial charge >= 0.3 is 0 Å². The van der Waals surface area contributed by atoms with E-state index in [1.54, 1.807) is 7.05 Å². The van der Waals surface area contributed by atoms with Crippen LogP contribution in [0.25, 0.3) is 0 Å². The number of nitrogens with one attached hydrogen (secondary N) is 2. The molecule has 2 N–H and O–H groups in total. The number of nitrogens with zero attached hydrogens (tertiary/aromatic N) is 1. The summed E-state index contributed by atoms with van der Waals surface area (Å²) in [6, 6.07) is 0.523. The topological polar surface area (TPSA) is 44.4 Å². The van der Waals surface area contributed by atoms with E-state index < -0.39 is 0 Å². The molecule has 1 unspecified atom stereocenters. The zero-order chi connectivity index (χ0) is 11.8. The van der Waals surface area contributed by atoms with Gasteiger partial charge in [-0.2, -0.15) is 0 Å². The van der Waals surface area contributed by atoms with E-state index in [1.165, 1.54) is 0 Å². The molecule has 0 saturated carbocycles. The van der Waals surface area contributed by atoms with Crippen molar-refractivity contribution < 1.29 is 4.79 Å². The summed E-state index contributed by atoms with van der Waals surface area (Å²) in [4.78, 5) is 13.5. The molecule has 1 atom stereocenters.